The van der Waals surface area contributed by atoms with Crippen molar-refractivity contribution in [3.63, 3.8) is 0 Å². The molecule has 5 heteroatoms. The van der Waals surface area contributed by atoms with Gasteiger partial charge in [-0.1, -0.05) is 29.8 Å². The van der Waals surface area contributed by atoms with Crippen LogP contribution >= 0.6 is 15.9 Å². The van der Waals surface area contributed by atoms with Crippen LogP contribution in [0.25, 0.3) is 0 Å². The van der Waals surface area contributed by atoms with Gasteiger partial charge in [0.1, 0.15) is 11.6 Å². The molecule has 0 unspecified atom stereocenters. The Bertz CT molecular complexity index is 542. The molecule has 1 fully saturated rings. The lowest BCUT2D eigenvalue weighted by molar-refractivity contribution is -0.130. The SMILES string of the molecule is CC1(C)CN(C(=O)c2cc(Br)ccc2F)CCC1=O. The van der Waals surface area contributed by atoms with E-state index in [-0.39, 0.29) is 17.3 Å². The number of piperidine rings is 1. The molecular formula is C14H15BrFNO2. The van der Waals surface area contributed by atoms with E-state index in [1.54, 1.807) is 11.0 Å². The van der Waals surface area contributed by atoms with E-state index < -0.39 is 11.2 Å². The van der Waals surface area contributed by atoms with Crippen molar-refractivity contribution >= 4 is 27.6 Å². The van der Waals surface area contributed by atoms with Gasteiger partial charge in [0.05, 0.1) is 5.56 Å². The fourth-order valence-corrected chi connectivity index (χ4v) is 2.59. The van der Waals surface area contributed by atoms with Crippen molar-refractivity contribution in [1.29, 1.82) is 0 Å². The van der Waals surface area contributed by atoms with Gasteiger partial charge in [-0.2, -0.15) is 0 Å². The van der Waals surface area contributed by atoms with Gasteiger partial charge in [-0.15, -0.1) is 0 Å². The lowest BCUT2D eigenvalue weighted by atomic mass is 9.82. The highest BCUT2D eigenvalue weighted by atomic mass is 79.9. The second kappa shape index (κ2) is 5.04. The van der Waals surface area contributed by atoms with Crippen LogP contribution in [-0.2, 0) is 4.79 Å². The number of hydrogen-bond donors (Lipinski definition) is 0. The van der Waals surface area contributed by atoms with Crippen LogP contribution in [0.2, 0.25) is 0 Å². The number of Topliss-reactive ketones (excluding diaryl/α,β-unsaturated/α-hetero) is 1. The Kier molecular flexibility index (Phi) is 3.76. The molecular weight excluding hydrogens is 313 g/mol. The highest BCUT2D eigenvalue weighted by molar-refractivity contribution is 9.10. The normalized spacial score (nSPS) is 18.5. The zero-order chi connectivity index (χ0) is 14.2. The highest BCUT2D eigenvalue weighted by Crippen LogP contribution is 2.27. The first-order chi connectivity index (χ1) is 8.81. The van der Waals surface area contributed by atoms with Crippen LogP contribution in [-0.4, -0.2) is 29.7 Å². The summed E-state index contributed by atoms with van der Waals surface area (Å²) in [5.74, 6) is -0.756. The number of nitrogens with zero attached hydrogens (tertiary/aromatic N) is 1. The molecule has 0 saturated carbocycles. The van der Waals surface area contributed by atoms with Crippen molar-refractivity contribution in [2.45, 2.75) is 20.3 Å². The molecule has 0 atom stereocenters. The van der Waals surface area contributed by atoms with Crippen molar-refractivity contribution in [2.24, 2.45) is 5.41 Å². The third kappa shape index (κ3) is 2.86. The minimum absolute atomic E-state index is 0.0412. The summed E-state index contributed by atoms with van der Waals surface area (Å²) < 4.78 is 14.4. The zero-order valence-electron chi connectivity index (χ0n) is 10.9. The highest BCUT2D eigenvalue weighted by Gasteiger charge is 2.36. The van der Waals surface area contributed by atoms with Gasteiger partial charge in [0.2, 0.25) is 0 Å². The second-order valence-corrected chi connectivity index (χ2v) is 6.32. The van der Waals surface area contributed by atoms with Crippen LogP contribution < -0.4 is 0 Å². The number of hydrogen-bond acceptors (Lipinski definition) is 2. The number of rotatable bonds is 1. The Morgan fingerprint density at radius 1 is 1.42 bits per heavy atom. The van der Waals surface area contributed by atoms with Gasteiger partial charge in [0, 0.05) is 29.4 Å². The first kappa shape index (κ1) is 14.2. The quantitative estimate of drug-likeness (QED) is 0.795. The van der Waals surface area contributed by atoms with Crippen molar-refractivity contribution < 1.29 is 14.0 Å². The van der Waals surface area contributed by atoms with Gasteiger partial charge in [-0.25, -0.2) is 4.39 Å². The smallest absolute Gasteiger partial charge is 0.256 e. The fourth-order valence-electron chi connectivity index (χ4n) is 2.22. The van der Waals surface area contributed by atoms with E-state index >= 15 is 0 Å². The first-order valence-electron chi connectivity index (χ1n) is 6.09. The number of amides is 1. The van der Waals surface area contributed by atoms with Gasteiger partial charge < -0.3 is 4.90 Å². The molecule has 1 heterocycles. The molecule has 1 aliphatic heterocycles. The predicted octanol–water partition coefficient (Wildman–Crippen LogP) is 3.03. The molecule has 0 radical (unpaired) electrons. The molecule has 1 aliphatic rings. The van der Waals surface area contributed by atoms with Gasteiger partial charge >= 0.3 is 0 Å². The lowest BCUT2D eigenvalue weighted by Gasteiger charge is -2.36. The average molecular weight is 328 g/mol. The fraction of sp³-hybridized carbons (Fsp3) is 0.429. The maximum Gasteiger partial charge on any atom is 0.256 e. The number of carbonyl (C=O) groups is 2. The Hall–Kier alpha value is -1.23. The molecule has 3 nitrogen and oxygen atoms in total. The van der Waals surface area contributed by atoms with Crippen LogP contribution in [0.5, 0.6) is 0 Å². The van der Waals surface area contributed by atoms with Crippen molar-refractivity contribution in [3.8, 4) is 0 Å². The Labute approximate surface area is 119 Å². The lowest BCUT2D eigenvalue weighted by Crippen LogP contribution is -2.48. The molecule has 0 N–H and O–H groups in total. The van der Waals surface area contributed by atoms with E-state index in [0.29, 0.717) is 24.0 Å². The molecule has 1 aromatic rings. The number of carbonyl (C=O) groups excluding carboxylic acids is 2. The van der Waals surface area contributed by atoms with E-state index in [1.165, 1.54) is 12.1 Å². The van der Waals surface area contributed by atoms with Crippen molar-refractivity contribution in [1.82, 2.24) is 4.90 Å². The summed E-state index contributed by atoms with van der Waals surface area (Å²) in [5, 5.41) is 0. The third-order valence-electron chi connectivity index (χ3n) is 3.40. The number of ketones is 1. The zero-order valence-corrected chi connectivity index (χ0v) is 12.5. The summed E-state index contributed by atoms with van der Waals surface area (Å²) in [6.45, 7) is 4.31. The third-order valence-corrected chi connectivity index (χ3v) is 3.89. The molecule has 2 rings (SSSR count). The predicted molar refractivity (Wildman–Crippen MR) is 73.4 cm³/mol. The molecule has 1 aromatic carbocycles. The van der Waals surface area contributed by atoms with Crippen LogP contribution in [0.1, 0.15) is 30.6 Å². The standard InChI is InChI=1S/C14H15BrFNO2/c1-14(2)8-17(6-5-12(14)18)13(19)10-7-9(15)3-4-11(10)16/h3-4,7H,5-6,8H2,1-2H3. The monoisotopic (exact) mass is 327 g/mol. The molecule has 1 saturated heterocycles. The maximum atomic E-state index is 13.7. The van der Waals surface area contributed by atoms with Gasteiger partial charge in [-0.3, -0.25) is 9.59 Å². The van der Waals surface area contributed by atoms with E-state index in [1.807, 2.05) is 13.8 Å². The van der Waals surface area contributed by atoms with Gasteiger partial charge in [-0.05, 0) is 18.2 Å². The Morgan fingerprint density at radius 2 is 2.11 bits per heavy atom. The van der Waals surface area contributed by atoms with E-state index in [9.17, 15) is 14.0 Å². The van der Waals surface area contributed by atoms with Crippen LogP contribution in [0.15, 0.2) is 22.7 Å². The van der Waals surface area contributed by atoms with Crippen LogP contribution in [0.3, 0.4) is 0 Å². The van der Waals surface area contributed by atoms with Crippen LogP contribution in [0.4, 0.5) is 4.39 Å². The number of benzene rings is 1. The van der Waals surface area contributed by atoms with E-state index in [4.69, 9.17) is 0 Å². The molecule has 0 aliphatic carbocycles. The molecule has 0 bridgehead atoms. The molecule has 0 aromatic heterocycles. The number of halogens is 2. The van der Waals surface area contributed by atoms with Gasteiger partial charge in [0.25, 0.3) is 5.91 Å². The van der Waals surface area contributed by atoms with Crippen LogP contribution in [0, 0.1) is 11.2 Å². The second-order valence-electron chi connectivity index (χ2n) is 5.41. The average Bonchev–Trinajstić information content (AvgIpc) is 2.35. The summed E-state index contributed by atoms with van der Waals surface area (Å²) in [4.78, 5) is 25.6. The minimum atomic E-state index is -0.559. The van der Waals surface area contributed by atoms with E-state index in [2.05, 4.69) is 15.9 Å². The van der Waals surface area contributed by atoms with Crippen molar-refractivity contribution in [3.05, 3.63) is 34.1 Å². The summed E-state index contributed by atoms with van der Waals surface area (Å²) in [6.07, 6.45) is 0.328. The summed E-state index contributed by atoms with van der Waals surface area (Å²) in [6, 6.07) is 4.29. The summed E-state index contributed by atoms with van der Waals surface area (Å²) in [7, 11) is 0. The number of likely N-dealkylation sites (tertiary alicyclic amines) is 1. The molecule has 102 valence electrons. The Balaban J connectivity index is 2.25. The largest absolute Gasteiger partial charge is 0.337 e. The summed E-state index contributed by atoms with van der Waals surface area (Å²) >= 11 is 3.23. The van der Waals surface area contributed by atoms with Gasteiger partial charge in [0.15, 0.2) is 0 Å². The topological polar surface area (TPSA) is 37.4 Å². The maximum absolute atomic E-state index is 13.7. The van der Waals surface area contributed by atoms with Crippen molar-refractivity contribution in [2.75, 3.05) is 13.1 Å². The molecule has 0 spiro atoms. The molecule has 19 heavy (non-hydrogen) atoms. The molecule has 1 amide bonds. The Morgan fingerprint density at radius 3 is 2.74 bits per heavy atom. The van der Waals surface area contributed by atoms with E-state index in [0.717, 1.165) is 0 Å². The summed E-state index contributed by atoms with van der Waals surface area (Å²) in [5.41, 5.74) is -0.518. The minimum Gasteiger partial charge on any atom is -0.337 e. The first-order valence-corrected chi connectivity index (χ1v) is 6.88.